The lowest BCUT2D eigenvalue weighted by Crippen LogP contribution is -2.07. The molecule has 0 bridgehead atoms. The molecule has 2 nitrogen and oxygen atoms in total. The number of halogens is 1. The molecule has 0 aliphatic heterocycles. The van der Waals surface area contributed by atoms with Crippen molar-refractivity contribution in [3.63, 3.8) is 0 Å². The van der Waals surface area contributed by atoms with Crippen LogP contribution in [0.4, 0.5) is 10.1 Å². The van der Waals surface area contributed by atoms with Gasteiger partial charge in [0.15, 0.2) is 0 Å². The van der Waals surface area contributed by atoms with Gasteiger partial charge in [-0.2, -0.15) is 0 Å². The second-order valence-electron chi connectivity index (χ2n) is 3.34. The maximum absolute atomic E-state index is 12.6. The fourth-order valence-corrected chi connectivity index (χ4v) is 1.88. The van der Waals surface area contributed by atoms with Gasteiger partial charge in [0.2, 0.25) is 5.91 Å². The van der Waals surface area contributed by atoms with E-state index >= 15 is 0 Å². The zero-order valence-corrected chi connectivity index (χ0v) is 9.71. The molecule has 0 radical (unpaired) electrons. The Hall–Kier alpha value is -1.94. The minimum atomic E-state index is -0.322. The van der Waals surface area contributed by atoms with Crippen LogP contribution in [0.1, 0.15) is 4.88 Å². The van der Waals surface area contributed by atoms with Gasteiger partial charge in [0.05, 0.1) is 0 Å². The van der Waals surface area contributed by atoms with Crippen molar-refractivity contribution in [2.45, 2.75) is 0 Å². The van der Waals surface area contributed by atoms with E-state index in [0.29, 0.717) is 5.69 Å². The lowest BCUT2D eigenvalue weighted by Gasteiger charge is -2.00. The Bertz CT molecular complexity index is 517. The van der Waals surface area contributed by atoms with Gasteiger partial charge in [-0.1, -0.05) is 6.07 Å². The lowest BCUT2D eigenvalue weighted by atomic mass is 10.3. The van der Waals surface area contributed by atoms with Gasteiger partial charge < -0.3 is 5.32 Å². The molecule has 1 N–H and O–H groups in total. The molecule has 0 unspecified atom stereocenters. The summed E-state index contributed by atoms with van der Waals surface area (Å²) in [4.78, 5) is 12.5. The quantitative estimate of drug-likeness (QED) is 0.826. The van der Waals surface area contributed by atoms with Crippen molar-refractivity contribution in [2.75, 3.05) is 5.32 Å². The molecule has 1 heterocycles. The summed E-state index contributed by atoms with van der Waals surface area (Å²) in [5, 5.41) is 4.59. The third-order valence-corrected chi connectivity index (χ3v) is 2.89. The predicted octanol–water partition coefficient (Wildman–Crippen LogP) is 3.54. The van der Waals surface area contributed by atoms with E-state index in [4.69, 9.17) is 0 Å². The minimum absolute atomic E-state index is 0.231. The summed E-state index contributed by atoms with van der Waals surface area (Å²) in [6.45, 7) is 0. The van der Waals surface area contributed by atoms with E-state index in [0.717, 1.165) is 4.88 Å². The predicted molar refractivity (Wildman–Crippen MR) is 68.4 cm³/mol. The van der Waals surface area contributed by atoms with Crippen LogP contribution in [0.25, 0.3) is 6.08 Å². The third-order valence-electron chi connectivity index (χ3n) is 2.05. The Kier molecular flexibility index (Phi) is 3.67. The molecule has 0 aliphatic carbocycles. The second-order valence-corrected chi connectivity index (χ2v) is 4.32. The summed E-state index contributed by atoms with van der Waals surface area (Å²) in [6, 6.07) is 9.49. The van der Waals surface area contributed by atoms with Gasteiger partial charge >= 0.3 is 0 Å². The van der Waals surface area contributed by atoms with Crippen LogP contribution >= 0.6 is 11.3 Å². The largest absolute Gasteiger partial charge is 0.323 e. The van der Waals surface area contributed by atoms with Crippen LogP contribution < -0.4 is 5.32 Å². The minimum Gasteiger partial charge on any atom is -0.323 e. The Morgan fingerprint density at radius 3 is 2.65 bits per heavy atom. The number of amides is 1. The SMILES string of the molecule is O=C(/C=C/c1cccs1)Nc1ccc(F)cc1. The smallest absolute Gasteiger partial charge is 0.248 e. The number of anilines is 1. The van der Waals surface area contributed by atoms with Crippen LogP contribution in [-0.2, 0) is 4.79 Å². The topological polar surface area (TPSA) is 29.1 Å². The van der Waals surface area contributed by atoms with Crippen molar-refractivity contribution in [1.82, 2.24) is 0 Å². The van der Waals surface area contributed by atoms with E-state index in [1.54, 1.807) is 17.4 Å². The maximum Gasteiger partial charge on any atom is 0.248 e. The molecular formula is C13H10FNOS. The number of thiophene rings is 1. The molecule has 17 heavy (non-hydrogen) atoms. The summed E-state index contributed by atoms with van der Waals surface area (Å²) in [6.07, 6.45) is 3.19. The summed E-state index contributed by atoms with van der Waals surface area (Å²) in [5.74, 6) is -0.554. The molecular weight excluding hydrogens is 237 g/mol. The van der Waals surface area contributed by atoms with Gasteiger partial charge in [-0.25, -0.2) is 4.39 Å². The molecule has 0 saturated heterocycles. The number of hydrogen-bond acceptors (Lipinski definition) is 2. The number of carbonyl (C=O) groups is 1. The molecule has 0 saturated carbocycles. The van der Waals surface area contributed by atoms with Crippen molar-refractivity contribution >= 4 is 29.0 Å². The Morgan fingerprint density at radius 1 is 1.24 bits per heavy atom. The number of carbonyl (C=O) groups excluding carboxylic acids is 1. The van der Waals surface area contributed by atoms with E-state index in [9.17, 15) is 9.18 Å². The van der Waals surface area contributed by atoms with Gasteiger partial charge in [-0.3, -0.25) is 4.79 Å². The van der Waals surface area contributed by atoms with E-state index < -0.39 is 0 Å². The van der Waals surface area contributed by atoms with E-state index in [2.05, 4.69) is 5.32 Å². The standard InChI is InChI=1S/C13H10FNOS/c14-10-3-5-11(6-4-10)15-13(16)8-7-12-2-1-9-17-12/h1-9H,(H,15,16)/b8-7+. The molecule has 0 fully saturated rings. The van der Waals surface area contributed by atoms with Crippen molar-refractivity contribution < 1.29 is 9.18 Å². The molecule has 1 aromatic heterocycles. The molecule has 0 aliphatic rings. The zero-order chi connectivity index (χ0) is 12.1. The molecule has 0 atom stereocenters. The van der Waals surface area contributed by atoms with Gasteiger partial charge in [-0.05, 0) is 41.8 Å². The first-order chi connectivity index (χ1) is 8.24. The monoisotopic (exact) mass is 247 g/mol. The molecule has 1 aromatic carbocycles. The highest BCUT2D eigenvalue weighted by molar-refractivity contribution is 7.10. The highest BCUT2D eigenvalue weighted by Crippen LogP contribution is 2.11. The highest BCUT2D eigenvalue weighted by atomic mass is 32.1. The van der Waals surface area contributed by atoms with Gasteiger partial charge in [0.1, 0.15) is 5.82 Å². The molecule has 2 aromatic rings. The van der Waals surface area contributed by atoms with E-state index in [1.165, 1.54) is 30.3 Å². The molecule has 86 valence electrons. The number of hydrogen-bond donors (Lipinski definition) is 1. The maximum atomic E-state index is 12.6. The van der Waals surface area contributed by atoms with Gasteiger partial charge in [0, 0.05) is 16.6 Å². The summed E-state index contributed by atoms with van der Waals surface area (Å²) < 4.78 is 12.6. The first-order valence-corrected chi connectivity index (χ1v) is 5.90. The normalized spacial score (nSPS) is 10.6. The lowest BCUT2D eigenvalue weighted by molar-refractivity contribution is -0.111. The fourth-order valence-electron chi connectivity index (χ4n) is 1.26. The van der Waals surface area contributed by atoms with Crippen molar-refractivity contribution in [3.8, 4) is 0 Å². The summed E-state index contributed by atoms with van der Waals surface area (Å²) >= 11 is 1.56. The molecule has 1 amide bonds. The second kappa shape index (κ2) is 5.41. The number of nitrogens with one attached hydrogen (secondary N) is 1. The zero-order valence-electron chi connectivity index (χ0n) is 8.89. The van der Waals surface area contributed by atoms with Crippen LogP contribution in [0.3, 0.4) is 0 Å². The fraction of sp³-hybridized carbons (Fsp3) is 0. The van der Waals surface area contributed by atoms with E-state index in [1.807, 2.05) is 17.5 Å². The molecule has 2 rings (SSSR count). The first-order valence-electron chi connectivity index (χ1n) is 5.02. The molecule has 0 spiro atoms. The summed E-state index contributed by atoms with van der Waals surface area (Å²) in [7, 11) is 0. The van der Waals surface area contributed by atoms with Crippen LogP contribution in [-0.4, -0.2) is 5.91 Å². The van der Waals surface area contributed by atoms with Gasteiger partial charge in [0.25, 0.3) is 0 Å². The highest BCUT2D eigenvalue weighted by Gasteiger charge is 1.98. The van der Waals surface area contributed by atoms with Crippen molar-refractivity contribution in [2.24, 2.45) is 0 Å². The number of benzene rings is 1. The third kappa shape index (κ3) is 3.53. The van der Waals surface area contributed by atoms with Crippen LogP contribution in [0.15, 0.2) is 47.9 Å². The summed E-state index contributed by atoms with van der Waals surface area (Å²) in [5.41, 5.74) is 0.576. The molecule has 4 heteroatoms. The van der Waals surface area contributed by atoms with Crippen molar-refractivity contribution in [1.29, 1.82) is 0 Å². The number of rotatable bonds is 3. The van der Waals surface area contributed by atoms with Crippen LogP contribution in [0.5, 0.6) is 0 Å². The van der Waals surface area contributed by atoms with Crippen LogP contribution in [0, 0.1) is 5.82 Å². The Balaban J connectivity index is 1.95. The average molecular weight is 247 g/mol. The van der Waals surface area contributed by atoms with E-state index in [-0.39, 0.29) is 11.7 Å². The van der Waals surface area contributed by atoms with Crippen molar-refractivity contribution in [3.05, 3.63) is 58.5 Å². The first kappa shape index (κ1) is 11.5. The Morgan fingerprint density at radius 2 is 2.00 bits per heavy atom. The Labute approximate surface area is 102 Å². The average Bonchev–Trinajstić information content (AvgIpc) is 2.83. The van der Waals surface area contributed by atoms with Crippen LogP contribution in [0.2, 0.25) is 0 Å². The van der Waals surface area contributed by atoms with Gasteiger partial charge in [-0.15, -0.1) is 11.3 Å².